The molecule has 2 N–H and O–H groups in total. The molecule has 0 spiro atoms. The molecule has 0 bridgehead atoms. The molecule has 1 fully saturated rings. The van der Waals surface area contributed by atoms with Crippen LogP contribution < -0.4 is 15.0 Å². The number of aliphatic hydroxyl groups excluding tert-OH is 1. The first-order chi connectivity index (χ1) is 16.3. The van der Waals surface area contributed by atoms with Crippen molar-refractivity contribution in [3.05, 3.63) is 89.5 Å². The highest BCUT2D eigenvalue weighted by Crippen LogP contribution is 2.43. The summed E-state index contributed by atoms with van der Waals surface area (Å²) >= 11 is 0. The molecule has 172 valence electrons. The Morgan fingerprint density at radius 1 is 1.15 bits per heavy atom. The van der Waals surface area contributed by atoms with Gasteiger partial charge in [-0.2, -0.15) is 0 Å². The van der Waals surface area contributed by atoms with Crippen molar-refractivity contribution in [3.63, 3.8) is 0 Å². The van der Waals surface area contributed by atoms with Crippen molar-refractivity contribution >= 4 is 34.7 Å². The number of methoxy groups -OCH3 is 1. The Morgan fingerprint density at radius 2 is 1.94 bits per heavy atom. The van der Waals surface area contributed by atoms with Gasteiger partial charge in [0, 0.05) is 30.7 Å². The van der Waals surface area contributed by atoms with Crippen LogP contribution in [0, 0.1) is 5.82 Å². The van der Waals surface area contributed by atoms with E-state index in [0.29, 0.717) is 16.9 Å². The van der Waals surface area contributed by atoms with E-state index in [0.717, 1.165) is 12.1 Å². The van der Waals surface area contributed by atoms with Crippen LogP contribution >= 0.6 is 0 Å². The molecule has 0 saturated carbocycles. The first-order valence-electron chi connectivity index (χ1n) is 10.2. The van der Waals surface area contributed by atoms with Crippen LogP contribution in [0.5, 0.6) is 5.75 Å². The van der Waals surface area contributed by atoms with Crippen LogP contribution in [0.4, 0.5) is 15.8 Å². The Hall–Kier alpha value is -4.53. The molecular weight excluding hydrogens is 441 g/mol. The molecule has 2 heterocycles. The summed E-state index contributed by atoms with van der Waals surface area (Å²) in [4.78, 5) is 43.2. The minimum Gasteiger partial charge on any atom is -0.507 e. The summed E-state index contributed by atoms with van der Waals surface area (Å²) in [6.07, 6.45) is 3.00. The van der Waals surface area contributed by atoms with Gasteiger partial charge in [0.05, 0.1) is 24.3 Å². The number of pyridine rings is 1. The van der Waals surface area contributed by atoms with Crippen LogP contribution in [0.1, 0.15) is 24.1 Å². The second-order valence-corrected chi connectivity index (χ2v) is 7.53. The third-order valence-electron chi connectivity index (χ3n) is 5.31. The third-order valence-corrected chi connectivity index (χ3v) is 5.31. The average Bonchev–Trinajstić information content (AvgIpc) is 3.09. The van der Waals surface area contributed by atoms with Crippen molar-refractivity contribution in [2.45, 2.75) is 13.0 Å². The van der Waals surface area contributed by atoms with Crippen LogP contribution in [0.3, 0.4) is 0 Å². The fourth-order valence-electron chi connectivity index (χ4n) is 3.90. The van der Waals surface area contributed by atoms with E-state index in [4.69, 9.17) is 4.74 Å². The number of hydrogen-bond donors (Lipinski definition) is 2. The number of carbonyl (C=O) groups is 3. The number of rotatable bonds is 5. The summed E-state index contributed by atoms with van der Waals surface area (Å²) in [5, 5.41) is 13.8. The van der Waals surface area contributed by atoms with Crippen molar-refractivity contribution in [1.82, 2.24) is 4.98 Å². The zero-order valence-electron chi connectivity index (χ0n) is 18.3. The van der Waals surface area contributed by atoms with Gasteiger partial charge in [-0.25, -0.2) is 4.39 Å². The Labute approximate surface area is 194 Å². The molecule has 9 heteroatoms. The number of aliphatic hydroxyl groups is 1. The summed E-state index contributed by atoms with van der Waals surface area (Å²) in [6, 6.07) is 12.1. The SMILES string of the molecule is COc1ccc(F)cc1/C(O)=C1\C(=O)C(=O)N(c2cccc(NC(C)=O)c2)C1c1cccnc1. The number of ether oxygens (including phenoxy) is 1. The van der Waals surface area contributed by atoms with Gasteiger partial charge in [-0.15, -0.1) is 0 Å². The Kier molecular flexibility index (Phi) is 6.09. The fraction of sp³-hybridized carbons (Fsp3) is 0.120. The average molecular weight is 461 g/mol. The summed E-state index contributed by atoms with van der Waals surface area (Å²) in [5.74, 6) is -3.26. The maximum Gasteiger partial charge on any atom is 0.300 e. The number of ketones is 1. The lowest BCUT2D eigenvalue weighted by atomic mass is 9.95. The number of halogens is 1. The van der Waals surface area contributed by atoms with Gasteiger partial charge in [0.15, 0.2) is 0 Å². The quantitative estimate of drug-likeness (QED) is 0.340. The van der Waals surface area contributed by atoms with Gasteiger partial charge in [0.1, 0.15) is 17.3 Å². The Morgan fingerprint density at radius 3 is 2.62 bits per heavy atom. The molecule has 3 aromatic rings. The van der Waals surface area contributed by atoms with E-state index in [2.05, 4.69) is 10.3 Å². The van der Waals surface area contributed by atoms with E-state index in [-0.39, 0.29) is 22.8 Å². The lowest BCUT2D eigenvalue weighted by Crippen LogP contribution is -2.29. The number of Topliss-reactive ketones (excluding diaryl/α,β-unsaturated/α-hetero) is 1. The highest BCUT2D eigenvalue weighted by Gasteiger charge is 2.47. The van der Waals surface area contributed by atoms with E-state index in [9.17, 15) is 23.9 Å². The molecule has 0 radical (unpaired) electrons. The lowest BCUT2D eigenvalue weighted by Gasteiger charge is -2.25. The zero-order valence-corrected chi connectivity index (χ0v) is 18.3. The summed E-state index contributed by atoms with van der Waals surface area (Å²) in [5.41, 5.74) is 0.868. The molecule has 1 unspecified atom stereocenters. The van der Waals surface area contributed by atoms with Crippen molar-refractivity contribution < 1.29 is 28.6 Å². The molecule has 4 rings (SSSR count). The fourth-order valence-corrected chi connectivity index (χ4v) is 3.90. The van der Waals surface area contributed by atoms with Gasteiger partial charge >= 0.3 is 0 Å². The molecule has 34 heavy (non-hydrogen) atoms. The second-order valence-electron chi connectivity index (χ2n) is 7.53. The number of carbonyl (C=O) groups excluding carboxylic acids is 3. The number of hydrogen-bond acceptors (Lipinski definition) is 6. The highest BCUT2D eigenvalue weighted by atomic mass is 19.1. The normalized spacial score (nSPS) is 17.0. The summed E-state index contributed by atoms with van der Waals surface area (Å²) in [7, 11) is 1.34. The van der Waals surface area contributed by atoms with Gasteiger partial charge in [-0.3, -0.25) is 24.3 Å². The van der Waals surface area contributed by atoms with Crippen LogP contribution in [-0.2, 0) is 14.4 Å². The van der Waals surface area contributed by atoms with Crippen molar-refractivity contribution in [1.29, 1.82) is 0 Å². The third kappa shape index (κ3) is 4.11. The maximum atomic E-state index is 14.0. The molecule has 8 nitrogen and oxygen atoms in total. The van der Waals surface area contributed by atoms with Crippen molar-refractivity contribution in [3.8, 4) is 5.75 Å². The van der Waals surface area contributed by atoms with Crippen molar-refractivity contribution in [2.75, 3.05) is 17.3 Å². The molecule has 0 aliphatic carbocycles. The van der Waals surface area contributed by atoms with Gasteiger partial charge in [-0.1, -0.05) is 12.1 Å². The predicted molar refractivity (Wildman–Crippen MR) is 123 cm³/mol. The Bertz CT molecular complexity index is 1320. The lowest BCUT2D eigenvalue weighted by molar-refractivity contribution is -0.132. The van der Waals surface area contributed by atoms with Crippen LogP contribution in [0.15, 0.2) is 72.6 Å². The molecule has 2 aromatic carbocycles. The minimum atomic E-state index is -1.06. The van der Waals surface area contributed by atoms with Gasteiger partial charge in [0.2, 0.25) is 5.91 Å². The first-order valence-corrected chi connectivity index (χ1v) is 10.2. The maximum absolute atomic E-state index is 14.0. The van der Waals surface area contributed by atoms with E-state index in [1.807, 2.05) is 0 Å². The van der Waals surface area contributed by atoms with E-state index in [1.54, 1.807) is 36.4 Å². The van der Waals surface area contributed by atoms with Crippen LogP contribution in [0.2, 0.25) is 0 Å². The monoisotopic (exact) mass is 461 g/mol. The van der Waals surface area contributed by atoms with E-state index in [1.165, 1.54) is 37.4 Å². The number of nitrogens with one attached hydrogen (secondary N) is 1. The summed E-state index contributed by atoms with van der Waals surface area (Å²) in [6.45, 7) is 1.35. The number of aromatic nitrogens is 1. The number of anilines is 2. The number of nitrogens with zero attached hydrogens (tertiary/aromatic N) is 2. The largest absolute Gasteiger partial charge is 0.507 e. The van der Waals surface area contributed by atoms with Gasteiger partial charge in [-0.05, 0) is 48.0 Å². The molecular formula is C25H20FN3O5. The molecule has 2 amide bonds. The van der Waals surface area contributed by atoms with Gasteiger partial charge in [0.25, 0.3) is 11.7 Å². The molecule has 1 aliphatic rings. The standard InChI is InChI=1S/C25H20FN3O5/c1-14(30)28-17-6-3-7-18(12-17)29-22(15-5-4-10-27-13-15)21(24(32)25(29)33)23(31)19-11-16(26)8-9-20(19)34-2/h3-13,22,31H,1-2H3,(H,28,30)/b23-21+. The molecule has 1 aromatic heterocycles. The molecule has 1 atom stereocenters. The zero-order chi connectivity index (χ0) is 24.4. The first kappa shape index (κ1) is 22.7. The van der Waals surface area contributed by atoms with Gasteiger partial charge < -0.3 is 15.2 Å². The highest BCUT2D eigenvalue weighted by molar-refractivity contribution is 6.51. The predicted octanol–water partition coefficient (Wildman–Crippen LogP) is 3.81. The number of benzene rings is 2. The number of amides is 2. The molecule has 1 saturated heterocycles. The van der Waals surface area contributed by atoms with Crippen LogP contribution in [0.25, 0.3) is 5.76 Å². The second kappa shape index (κ2) is 9.14. The van der Waals surface area contributed by atoms with E-state index < -0.39 is 29.3 Å². The minimum absolute atomic E-state index is 0.0682. The summed E-state index contributed by atoms with van der Waals surface area (Å²) < 4.78 is 19.2. The topological polar surface area (TPSA) is 109 Å². The van der Waals surface area contributed by atoms with E-state index >= 15 is 0 Å². The van der Waals surface area contributed by atoms with Crippen LogP contribution in [-0.4, -0.2) is 34.8 Å². The molecule has 1 aliphatic heterocycles. The smallest absolute Gasteiger partial charge is 0.300 e. The Balaban J connectivity index is 1.94. The van der Waals surface area contributed by atoms with Crippen molar-refractivity contribution in [2.24, 2.45) is 0 Å².